The molecule has 7 heteroatoms. The number of primary sulfonamides is 1. The van der Waals surface area contributed by atoms with E-state index in [-0.39, 0.29) is 4.90 Å². The first kappa shape index (κ1) is 14.4. The van der Waals surface area contributed by atoms with Crippen LogP contribution in [0.15, 0.2) is 59.5 Å². The molecule has 0 aliphatic rings. The molecule has 0 radical (unpaired) electrons. The maximum absolute atomic E-state index is 11.3. The van der Waals surface area contributed by atoms with Crippen molar-refractivity contribution < 1.29 is 8.42 Å². The Labute approximate surface area is 122 Å². The van der Waals surface area contributed by atoms with Gasteiger partial charge in [0.2, 0.25) is 10.0 Å². The maximum Gasteiger partial charge on any atom is 0.238 e. The number of anilines is 2. The predicted octanol–water partition coefficient (Wildman–Crippen LogP) is 2.14. The maximum atomic E-state index is 11.3. The van der Waals surface area contributed by atoms with Crippen LogP contribution in [0.5, 0.6) is 0 Å². The lowest BCUT2D eigenvalue weighted by Gasteiger charge is -2.11. The van der Waals surface area contributed by atoms with Gasteiger partial charge < -0.3 is 10.6 Å². The molecule has 0 aromatic heterocycles. The zero-order chi connectivity index (χ0) is 14.6. The topological polar surface area (TPSA) is 84.2 Å². The number of hydrogen-bond donors (Lipinski definition) is 3. The summed E-state index contributed by atoms with van der Waals surface area (Å²) in [6.07, 6.45) is 0. The number of benzene rings is 2. The van der Waals surface area contributed by atoms with Gasteiger partial charge in [0.05, 0.1) is 4.90 Å². The summed E-state index contributed by atoms with van der Waals surface area (Å²) in [6, 6.07) is 15.5. The molecule has 0 saturated carbocycles. The molecule has 0 bridgehead atoms. The summed E-state index contributed by atoms with van der Waals surface area (Å²) in [5.41, 5.74) is 1.39. The molecule has 0 unspecified atom stereocenters. The van der Waals surface area contributed by atoms with Gasteiger partial charge in [-0.2, -0.15) is 0 Å². The molecule has 0 heterocycles. The van der Waals surface area contributed by atoms with E-state index < -0.39 is 10.0 Å². The SMILES string of the molecule is NS(=O)(=O)c1cccc(NC(=S)Nc2ccccc2)c1. The lowest BCUT2D eigenvalue weighted by atomic mass is 10.3. The van der Waals surface area contributed by atoms with Crippen molar-refractivity contribution in [2.24, 2.45) is 5.14 Å². The highest BCUT2D eigenvalue weighted by Gasteiger charge is 2.08. The molecule has 2 rings (SSSR count). The second-order valence-corrected chi connectivity index (χ2v) is 5.99. The van der Waals surface area contributed by atoms with Gasteiger partial charge in [-0.15, -0.1) is 0 Å². The van der Waals surface area contributed by atoms with E-state index in [1.54, 1.807) is 12.1 Å². The van der Waals surface area contributed by atoms with Gasteiger partial charge in [-0.3, -0.25) is 0 Å². The molecule has 0 atom stereocenters. The van der Waals surface area contributed by atoms with E-state index in [0.29, 0.717) is 10.8 Å². The number of rotatable bonds is 3. The number of nitrogens with two attached hydrogens (primary N) is 1. The van der Waals surface area contributed by atoms with Crippen LogP contribution in [0.3, 0.4) is 0 Å². The fourth-order valence-electron chi connectivity index (χ4n) is 1.57. The number of hydrogen-bond acceptors (Lipinski definition) is 3. The van der Waals surface area contributed by atoms with Crippen molar-refractivity contribution in [3.63, 3.8) is 0 Å². The van der Waals surface area contributed by atoms with Crippen molar-refractivity contribution in [1.29, 1.82) is 0 Å². The Balaban J connectivity index is 2.09. The Morgan fingerprint density at radius 1 is 0.950 bits per heavy atom. The van der Waals surface area contributed by atoms with Crippen molar-refractivity contribution >= 4 is 38.7 Å². The molecule has 2 aromatic rings. The van der Waals surface area contributed by atoms with Gasteiger partial charge in [0.15, 0.2) is 5.11 Å². The summed E-state index contributed by atoms with van der Waals surface area (Å²) >= 11 is 5.15. The molecule has 0 saturated heterocycles. The van der Waals surface area contributed by atoms with E-state index in [1.165, 1.54) is 12.1 Å². The molecule has 5 nitrogen and oxygen atoms in total. The Hall–Kier alpha value is -1.96. The number of thiocarbonyl (C=S) groups is 1. The highest BCUT2D eigenvalue weighted by molar-refractivity contribution is 7.89. The lowest BCUT2D eigenvalue weighted by Crippen LogP contribution is -2.19. The number of nitrogens with one attached hydrogen (secondary N) is 2. The van der Waals surface area contributed by atoms with Gasteiger partial charge in [-0.25, -0.2) is 13.6 Å². The first-order valence-electron chi connectivity index (χ1n) is 5.71. The third-order valence-electron chi connectivity index (χ3n) is 2.45. The van der Waals surface area contributed by atoms with Crippen molar-refractivity contribution in [3.05, 3.63) is 54.6 Å². The van der Waals surface area contributed by atoms with Crippen LogP contribution in [0.1, 0.15) is 0 Å². The standard InChI is InChI=1S/C13H13N3O2S2/c14-20(17,18)12-8-4-7-11(9-12)16-13(19)15-10-5-2-1-3-6-10/h1-9H,(H2,14,17,18)(H2,15,16,19). The van der Waals surface area contributed by atoms with E-state index in [4.69, 9.17) is 17.4 Å². The Bertz CT molecular complexity index is 715. The minimum atomic E-state index is -3.72. The van der Waals surface area contributed by atoms with E-state index >= 15 is 0 Å². The van der Waals surface area contributed by atoms with Crippen LogP contribution in [0.2, 0.25) is 0 Å². The Kier molecular flexibility index (Phi) is 4.33. The third-order valence-corrected chi connectivity index (χ3v) is 3.57. The van der Waals surface area contributed by atoms with E-state index in [9.17, 15) is 8.42 Å². The van der Waals surface area contributed by atoms with Gasteiger partial charge in [0.25, 0.3) is 0 Å². The summed E-state index contributed by atoms with van der Waals surface area (Å²) in [5.74, 6) is 0. The fraction of sp³-hybridized carbons (Fsp3) is 0. The highest BCUT2D eigenvalue weighted by Crippen LogP contribution is 2.14. The van der Waals surface area contributed by atoms with Crippen LogP contribution in [-0.4, -0.2) is 13.5 Å². The molecular weight excluding hydrogens is 294 g/mol. The van der Waals surface area contributed by atoms with Crippen LogP contribution in [0.4, 0.5) is 11.4 Å². The summed E-state index contributed by atoms with van der Waals surface area (Å²) in [7, 11) is -3.72. The zero-order valence-corrected chi connectivity index (χ0v) is 12.0. The molecule has 0 spiro atoms. The average molecular weight is 307 g/mol. The zero-order valence-electron chi connectivity index (χ0n) is 10.4. The smallest absolute Gasteiger partial charge is 0.238 e. The van der Waals surface area contributed by atoms with Crippen LogP contribution in [0, 0.1) is 0 Å². The molecular formula is C13H13N3O2S2. The molecule has 0 fully saturated rings. The van der Waals surface area contributed by atoms with Crippen molar-refractivity contribution in [2.45, 2.75) is 4.90 Å². The average Bonchev–Trinajstić information content (AvgIpc) is 2.39. The van der Waals surface area contributed by atoms with E-state index in [1.807, 2.05) is 30.3 Å². The monoisotopic (exact) mass is 307 g/mol. The first-order valence-corrected chi connectivity index (χ1v) is 7.66. The molecule has 2 aromatic carbocycles. The molecule has 4 N–H and O–H groups in total. The van der Waals surface area contributed by atoms with Gasteiger partial charge in [0.1, 0.15) is 0 Å². The van der Waals surface area contributed by atoms with Gasteiger partial charge in [-0.1, -0.05) is 24.3 Å². The van der Waals surface area contributed by atoms with Crippen LogP contribution in [-0.2, 0) is 10.0 Å². The minimum absolute atomic E-state index is 0.0324. The van der Waals surface area contributed by atoms with Gasteiger partial charge in [-0.05, 0) is 42.5 Å². The first-order chi connectivity index (χ1) is 9.45. The second kappa shape index (κ2) is 6.00. The number of sulfonamides is 1. The predicted molar refractivity (Wildman–Crippen MR) is 84.1 cm³/mol. The quantitative estimate of drug-likeness (QED) is 0.757. The Morgan fingerprint density at radius 3 is 2.20 bits per heavy atom. The van der Waals surface area contributed by atoms with Crippen molar-refractivity contribution in [2.75, 3.05) is 10.6 Å². The van der Waals surface area contributed by atoms with Crippen LogP contribution < -0.4 is 15.8 Å². The Morgan fingerprint density at radius 2 is 1.55 bits per heavy atom. The largest absolute Gasteiger partial charge is 0.332 e. The molecule has 0 aliphatic heterocycles. The second-order valence-electron chi connectivity index (χ2n) is 4.02. The van der Waals surface area contributed by atoms with Crippen molar-refractivity contribution in [3.8, 4) is 0 Å². The third kappa shape index (κ3) is 4.02. The van der Waals surface area contributed by atoms with Crippen LogP contribution >= 0.6 is 12.2 Å². The summed E-state index contributed by atoms with van der Waals surface area (Å²) in [6.45, 7) is 0. The minimum Gasteiger partial charge on any atom is -0.332 e. The molecule has 104 valence electrons. The number of para-hydroxylation sites is 1. The van der Waals surface area contributed by atoms with E-state index in [2.05, 4.69) is 10.6 Å². The fourth-order valence-corrected chi connectivity index (χ4v) is 2.36. The van der Waals surface area contributed by atoms with Crippen LogP contribution in [0.25, 0.3) is 0 Å². The van der Waals surface area contributed by atoms with Gasteiger partial charge >= 0.3 is 0 Å². The highest BCUT2D eigenvalue weighted by atomic mass is 32.2. The summed E-state index contributed by atoms with van der Waals surface area (Å²) < 4.78 is 22.5. The van der Waals surface area contributed by atoms with Crippen molar-refractivity contribution in [1.82, 2.24) is 0 Å². The van der Waals surface area contributed by atoms with E-state index in [0.717, 1.165) is 5.69 Å². The normalized spacial score (nSPS) is 10.8. The summed E-state index contributed by atoms with van der Waals surface area (Å²) in [5, 5.41) is 11.3. The van der Waals surface area contributed by atoms with Gasteiger partial charge in [0, 0.05) is 11.4 Å². The molecule has 0 amide bonds. The molecule has 20 heavy (non-hydrogen) atoms. The summed E-state index contributed by atoms with van der Waals surface area (Å²) in [4.78, 5) is 0.0324. The molecule has 0 aliphatic carbocycles. The lowest BCUT2D eigenvalue weighted by molar-refractivity contribution is 0.598.